The summed E-state index contributed by atoms with van der Waals surface area (Å²) < 4.78 is 5.25. The third-order valence-electron chi connectivity index (χ3n) is 3.89. The van der Waals surface area contributed by atoms with E-state index in [9.17, 15) is 14.4 Å². The van der Waals surface area contributed by atoms with Crippen LogP contribution >= 0.6 is 0 Å². The predicted octanol–water partition coefficient (Wildman–Crippen LogP) is 1.77. The van der Waals surface area contributed by atoms with Crippen LogP contribution in [0.2, 0.25) is 0 Å². The molecule has 5 heteroatoms. The van der Waals surface area contributed by atoms with Crippen molar-refractivity contribution in [1.82, 2.24) is 4.90 Å². The molecule has 20 heavy (non-hydrogen) atoms. The molecule has 0 aromatic heterocycles. The number of imide groups is 1. The Labute approximate surface area is 116 Å². The lowest BCUT2D eigenvalue weighted by Gasteiger charge is -2.27. The zero-order valence-electron chi connectivity index (χ0n) is 11.2. The van der Waals surface area contributed by atoms with Gasteiger partial charge >= 0.3 is 5.97 Å². The second-order valence-corrected chi connectivity index (χ2v) is 5.17. The van der Waals surface area contributed by atoms with Crippen molar-refractivity contribution in [3.8, 4) is 0 Å². The largest absolute Gasteiger partial charge is 0.460 e. The molecule has 1 aromatic rings. The second-order valence-electron chi connectivity index (χ2n) is 5.17. The van der Waals surface area contributed by atoms with Gasteiger partial charge in [-0.05, 0) is 31.4 Å². The first-order valence-corrected chi connectivity index (χ1v) is 6.73. The molecule has 1 aromatic carbocycles. The second kappa shape index (κ2) is 4.74. The molecule has 1 heterocycles. The number of rotatable bonds is 2. The molecule has 1 saturated carbocycles. The number of fused-ring (bicyclic) bond motifs is 1. The molecular weight excluding hydrogens is 258 g/mol. The van der Waals surface area contributed by atoms with Gasteiger partial charge in [0.25, 0.3) is 11.8 Å². The third-order valence-corrected chi connectivity index (χ3v) is 3.89. The first kappa shape index (κ1) is 12.8. The van der Waals surface area contributed by atoms with E-state index < -0.39 is 0 Å². The summed E-state index contributed by atoms with van der Waals surface area (Å²) in [4.78, 5) is 37.2. The molecule has 0 spiro atoms. The van der Waals surface area contributed by atoms with Gasteiger partial charge in [-0.1, -0.05) is 12.1 Å². The van der Waals surface area contributed by atoms with Gasteiger partial charge < -0.3 is 4.74 Å². The molecule has 1 aliphatic heterocycles. The number of carbonyl (C=O) groups excluding carboxylic acids is 3. The van der Waals surface area contributed by atoms with Gasteiger partial charge in [-0.25, -0.2) is 0 Å². The summed E-state index contributed by atoms with van der Waals surface area (Å²) in [5.74, 6) is -0.942. The Hall–Kier alpha value is -2.17. The zero-order valence-corrected chi connectivity index (χ0v) is 11.2. The Morgan fingerprint density at radius 3 is 2.30 bits per heavy atom. The quantitative estimate of drug-likeness (QED) is 0.608. The highest BCUT2D eigenvalue weighted by atomic mass is 16.5. The summed E-state index contributed by atoms with van der Waals surface area (Å²) in [7, 11) is 0. The number of carbonyl (C=O) groups is 3. The van der Waals surface area contributed by atoms with Gasteiger partial charge in [-0.15, -0.1) is 0 Å². The molecule has 0 radical (unpaired) electrons. The lowest BCUT2D eigenvalue weighted by Crippen LogP contribution is -2.45. The van der Waals surface area contributed by atoms with Crippen molar-refractivity contribution in [2.75, 3.05) is 0 Å². The number of hydrogen-bond donors (Lipinski definition) is 0. The summed E-state index contributed by atoms with van der Waals surface area (Å²) >= 11 is 0. The summed E-state index contributed by atoms with van der Waals surface area (Å²) in [6, 6.07) is 6.46. The predicted molar refractivity (Wildman–Crippen MR) is 70.1 cm³/mol. The van der Waals surface area contributed by atoms with Crippen molar-refractivity contribution < 1.29 is 19.1 Å². The lowest BCUT2D eigenvalue weighted by atomic mass is 10.1. The maximum absolute atomic E-state index is 12.4. The van der Waals surface area contributed by atoms with E-state index in [0.29, 0.717) is 24.0 Å². The van der Waals surface area contributed by atoms with Crippen molar-refractivity contribution in [2.24, 2.45) is 0 Å². The maximum atomic E-state index is 12.4. The first-order chi connectivity index (χ1) is 9.59. The van der Waals surface area contributed by atoms with Crippen LogP contribution in [0.3, 0.4) is 0 Å². The van der Waals surface area contributed by atoms with Crippen molar-refractivity contribution >= 4 is 17.8 Å². The Morgan fingerprint density at radius 1 is 1.15 bits per heavy atom. The monoisotopic (exact) mass is 273 g/mol. The average molecular weight is 273 g/mol. The molecule has 1 fully saturated rings. The van der Waals surface area contributed by atoms with Crippen LogP contribution < -0.4 is 0 Å². The van der Waals surface area contributed by atoms with Gasteiger partial charge in [-0.3, -0.25) is 19.3 Å². The van der Waals surface area contributed by atoms with Crippen molar-refractivity contribution in [3.05, 3.63) is 35.4 Å². The molecule has 3 rings (SSSR count). The fraction of sp³-hybridized carbons (Fsp3) is 0.400. The molecule has 2 aliphatic rings. The molecule has 0 unspecified atom stereocenters. The van der Waals surface area contributed by atoms with Gasteiger partial charge in [0, 0.05) is 6.92 Å². The fourth-order valence-corrected chi connectivity index (χ4v) is 3.06. The van der Waals surface area contributed by atoms with E-state index in [-0.39, 0.29) is 29.9 Å². The SMILES string of the molecule is CC(=O)O[C@@H]1CCC[C@@H]1N1C(=O)c2ccccc2C1=O. The number of esters is 1. The Bertz CT molecular complexity index is 560. The third kappa shape index (κ3) is 1.90. The zero-order chi connectivity index (χ0) is 14.3. The topological polar surface area (TPSA) is 63.7 Å². The van der Waals surface area contributed by atoms with Crippen molar-refractivity contribution in [2.45, 2.75) is 38.3 Å². The van der Waals surface area contributed by atoms with Crippen molar-refractivity contribution in [3.63, 3.8) is 0 Å². The van der Waals surface area contributed by atoms with Gasteiger partial charge in [0.05, 0.1) is 17.2 Å². The minimum atomic E-state index is -0.380. The van der Waals surface area contributed by atoms with E-state index >= 15 is 0 Å². The van der Waals surface area contributed by atoms with Gasteiger partial charge in [0.15, 0.2) is 0 Å². The molecule has 0 bridgehead atoms. The van der Waals surface area contributed by atoms with E-state index in [4.69, 9.17) is 4.74 Å². The number of nitrogens with zero attached hydrogens (tertiary/aromatic N) is 1. The highest BCUT2D eigenvalue weighted by Gasteiger charge is 2.45. The maximum Gasteiger partial charge on any atom is 0.302 e. The summed E-state index contributed by atoms with van der Waals surface area (Å²) in [6.07, 6.45) is 1.84. The standard InChI is InChI=1S/C15H15NO4/c1-9(17)20-13-8-4-7-12(13)16-14(18)10-5-2-3-6-11(10)15(16)19/h2-3,5-6,12-13H,4,7-8H2,1H3/t12-,13+/m0/s1. The molecule has 5 nitrogen and oxygen atoms in total. The van der Waals surface area contributed by atoms with E-state index in [1.807, 2.05) is 0 Å². The van der Waals surface area contributed by atoms with Gasteiger partial charge in [0.2, 0.25) is 0 Å². The summed E-state index contributed by atoms with van der Waals surface area (Å²) in [5.41, 5.74) is 0.872. The highest BCUT2D eigenvalue weighted by molar-refractivity contribution is 6.21. The molecule has 0 saturated heterocycles. The van der Waals surface area contributed by atoms with Crippen LogP contribution in [-0.4, -0.2) is 34.8 Å². The molecule has 1 aliphatic carbocycles. The Morgan fingerprint density at radius 2 is 1.75 bits per heavy atom. The highest BCUT2D eigenvalue weighted by Crippen LogP contribution is 2.33. The van der Waals surface area contributed by atoms with Crippen LogP contribution in [0.4, 0.5) is 0 Å². The summed E-state index contributed by atoms with van der Waals surface area (Å²) in [5, 5.41) is 0. The normalized spacial score (nSPS) is 24.9. The number of benzene rings is 1. The van der Waals surface area contributed by atoms with Gasteiger partial charge in [-0.2, -0.15) is 0 Å². The molecule has 0 N–H and O–H groups in total. The van der Waals surface area contributed by atoms with E-state index in [1.165, 1.54) is 11.8 Å². The molecular formula is C15H15NO4. The van der Waals surface area contributed by atoms with Crippen molar-refractivity contribution in [1.29, 1.82) is 0 Å². The average Bonchev–Trinajstić information content (AvgIpc) is 2.94. The molecule has 2 amide bonds. The van der Waals surface area contributed by atoms with Crippen LogP contribution in [0, 0.1) is 0 Å². The molecule has 104 valence electrons. The number of ether oxygens (including phenoxy) is 1. The smallest absolute Gasteiger partial charge is 0.302 e. The van der Waals surface area contributed by atoms with Crippen LogP contribution in [0.15, 0.2) is 24.3 Å². The fourth-order valence-electron chi connectivity index (χ4n) is 3.06. The van der Waals surface area contributed by atoms with E-state index in [2.05, 4.69) is 0 Å². The van der Waals surface area contributed by atoms with Crippen LogP contribution in [0.25, 0.3) is 0 Å². The van der Waals surface area contributed by atoms with Gasteiger partial charge in [0.1, 0.15) is 6.10 Å². The Balaban J connectivity index is 1.90. The minimum absolute atomic E-state index is 0.283. The Kier molecular flexibility index (Phi) is 3.04. The van der Waals surface area contributed by atoms with Crippen LogP contribution in [0.1, 0.15) is 46.9 Å². The molecule has 2 atom stereocenters. The van der Waals surface area contributed by atoms with Crippen LogP contribution in [0.5, 0.6) is 0 Å². The lowest BCUT2D eigenvalue weighted by molar-refractivity contribution is -0.147. The summed E-state index contributed by atoms with van der Waals surface area (Å²) in [6.45, 7) is 1.34. The minimum Gasteiger partial charge on any atom is -0.460 e. The van der Waals surface area contributed by atoms with Crippen LogP contribution in [-0.2, 0) is 9.53 Å². The van der Waals surface area contributed by atoms with E-state index in [0.717, 1.165) is 6.42 Å². The van der Waals surface area contributed by atoms with E-state index in [1.54, 1.807) is 24.3 Å². The number of amides is 2. The first-order valence-electron chi connectivity index (χ1n) is 6.73. The number of hydrogen-bond acceptors (Lipinski definition) is 4.